The molecule has 0 aliphatic rings. The van der Waals surface area contributed by atoms with E-state index in [0.29, 0.717) is 16.5 Å². The molecule has 5 heteroatoms. The summed E-state index contributed by atoms with van der Waals surface area (Å²) < 4.78 is 0. The van der Waals surface area contributed by atoms with Crippen molar-refractivity contribution in [3.63, 3.8) is 0 Å². The Morgan fingerprint density at radius 1 is 0.955 bits per heavy atom. The van der Waals surface area contributed by atoms with Crippen LogP contribution in [0.25, 0.3) is 11.3 Å². The Balaban J connectivity index is 2.44. The maximum Gasteiger partial charge on any atom is 0.174 e. The predicted molar refractivity (Wildman–Crippen MR) is 95.4 cm³/mol. The lowest BCUT2D eigenvalue weighted by Gasteiger charge is -2.11. The van der Waals surface area contributed by atoms with E-state index < -0.39 is 0 Å². The number of aryl methyl sites for hydroxylation is 2. The molecule has 22 heavy (non-hydrogen) atoms. The highest BCUT2D eigenvalue weighted by atomic mass is 79.9. The average Bonchev–Trinajstić information content (AvgIpc) is 2.53. The summed E-state index contributed by atoms with van der Waals surface area (Å²) in [6.07, 6.45) is 1.60. The van der Waals surface area contributed by atoms with Crippen LogP contribution in [0.1, 0.15) is 31.8 Å². The number of hydrogen-bond donors (Lipinski definition) is 0. The summed E-state index contributed by atoms with van der Waals surface area (Å²) >= 11 is 6.35. The lowest BCUT2D eigenvalue weighted by Crippen LogP contribution is -2.04. The molecular weight excluding hydrogens is 410 g/mol. The molecule has 0 saturated heterocycles. The second kappa shape index (κ2) is 7.29. The van der Waals surface area contributed by atoms with Gasteiger partial charge in [0.25, 0.3) is 0 Å². The van der Waals surface area contributed by atoms with Crippen LogP contribution in [0.4, 0.5) is 0 Å². The fraction of sp³-hybridized carbons (Fsp3) is 0.235. The number of alkyl halides is 2. The van der Waals surface area contributed by atoms with Crippen LogP contribution in [0.15, 0.2) is 30.5 Å². The van der Waals surface area contributed by atoms with Crippen molar-refractivity contribution in [2.24, 2.45) is 0 Å². The lowest BCUT2D eigenvalue weighted by atomic mass is 9.97. The molecule has 1 aromatic heterocycles. The third kappa shape index (κ3) is 3.52. The number of benzene rings is 1. The summed E-state index contributed by atoms with van der Waals surface area (Å²) in [7, 11) is 0. The third-order valence-electron chi connectivity index (χ3n) is 3.45. The normalized spacial score (nSPS) is 10.5. The van der Waals surface area contributed by atoms with E-state index in [1.54, 1.807) is 6.20 Å². The van der Waals surface area contributed by atoms with Crippen molar-refractivity contribution in [3.05, 3.63) is 52.7 Å². The van der Waals surface area contributed by atoms with Gasteiger partial charge in [0.1, 0.15) is 0 Å². The summed E-state index contributed by atoms with van der Waals surface area (Å²) in [4.78, 5) is 27.9. The zero-order valence-electron chi connectivity index (χ0n) is 12.3. The van der Waals surface area contributed by atoms with E-state index in [9.17, 15) is 9.59 Å². The number of carbonyl (C=O) groups excluding carboxylic acids is 2. The first-order valence-corrected chi connectivity index (χ1v) is 8.98. The minimum absolute atomic E-state index is 0.0112. The van der Waals surface area contributed by atoms with Gasteiger partial charge < -0.3 is 0 Å². The maximum atomic E-state index is 11.7. The predicted octanol–water partition coefficient (Wildman–Crippen LogP) is 4.52. The van der Waals surface area contributed by atoms with Gasteiger partial charge in [0.15, 0.2) is 11.6 Å². The van der Waals surface area contributed by atoms with Gasteiger partial charge in [0.05, 0.1) is 16.4 Å². The van der Waals surface area contributed by atoms with Crippen LogP contribution in [0.5, 0.6) is 0 Å². The molecule has 0 N–H and O–H groups in total. The molecule has 0 saturated carbocycles. The molecule has 0 fully saturated rings. The fourth-order valence-corrected chi connectivity index (χ4v) is 2.91. The number of carbonyl (C=O) groups is 2. The van der Waals surface area contributed by atoms with Crippen molar-refractivity contribution in [2.45, 2.75) is 13.8 Å². The van der Waals surface area contributed by atoms with Gasteiger partial charge in [0.2, 0.25) is 0 Å². The van der Waals surface area contributed by atoms with Crippen molar-refractivity contribution < 1.29 is 9.59 Å². The smallest absolute Gasteiger partial charge is 0.174 e. The first kappa shape index (κ1) is 17.0. The monoisotopic (exact) mass is 423 g/mol. The number of aromatic nitrogens is 1. The third-order valence-corrected chi connectivity index (χ3v) is 4.47. The molecule has 3 nitrogen and oxygen atoms in total. The number of ketones is 2. The van der Waals surface area contributed by atoms with E-state index in [-0.39, 0.29) is 16.9 Å². The van der Waals surface area contributed by atoms with Gasteiger partial charge in [-0.1, -0.05) is 44.0 Å². The molecule has 0 spiro atoms. The number of nitrogens with zero attached hydrogens (tertiary/aromatic N) is 1. The maximum absolute atomic E-state index is 11.7. The first-order valence-electron chi connectivity index (χ1n) is 6.74. The molecule has 2 aromatic rings. The molecule has 1 heterocycles. The Morgan fingerprint density at radius 2 is 1.55 bits per heavy atom. The van der Waals surface area contributed by atoms with Gasteiger partial charge >= 0.3 is 0 Å². The Bertz CT molecular complexity index is 678. The molecule has 114 valence electrons. The van der Waals surface area contributed by atoms with Crippen LogP contribution < -0.4 is 0 Å². The van der Waals surface area contributed by atoms with E-state index in [1.807, 2.05) is 38.1 Å². The summed E-state index contributed by atoms with van der Waals surface area (Å²) in [5.74, 6) is 0.0646. The van der Waals surface area contributed by atoms with Crippen molar-refractivity contribution in [3.8, 4) is 11.3 Å². The number of rotatable bonds is 5. The fourth-order valence-electron chi connectivity index (χ4n) is 2.27. The first-order chi connectivity index (χ1) is 10.5. The zero-order chi connectivity index (χ0) is 16.3. The SMILES string of the molecule is Cc1cc(C(=O)CBr)ccc1-c1ncc(C(=O)CBr)cc1C. The second-order valence-electron chi connectivity index (χ2n) is 5.03. The van der Waals surface area contributed by atoms with Crippen LogP contribution in [0.3, 0.4) is 0 Å². The Hall–Kier alpha value is -1.33. The summed E-state index contributed by atoms with van der Waals surface area (Å²) in [5, 5.41) is 0.599. The van der Waals surface area contributed by atoms with Crippen LogP contribution in [-0.2, 0) is 0 Å². The summed E-state index contributed by atoms with van der Waals surface area (Å²) in [6, 6.07) is 7.44. The molecule has 0 unspecified atom stereocenters. The van der Waals surface area contributed by atoms with E-state index in [1.165, 1.54) is 0 Å². The highest BCUT2D eigenvalue weighted by Gasteiger charge is 2.12. The van der Waals surface area contributed by atoms with Crippen molar-refractivity contribution in [1.82, 2.24) is 4.98 Å². The zero-order valence-corrected chi connectivity index (χ0v) is 15.5. The Kier molecular flexibility index (Phi) is 5.64. The summed E-state index contributed by atoms with van der Waals surface area (Å²) in [6.45, 7) is 3.89. The molecule has 0 aliphatic carbocycles. The van der Waals surface area contributed by atoms with E-state index >= 15 is 0 Å². The number of hydrogen-bond acceptors (Lipinski definition) is 3. The van der Waals surface area contributed by atoms with E-state index in [0.717, 1.165) is 22.4 Å². The van der Waals surface area contributed by atoms with E-state index in [2.05, 4.69) is 36.8 Å². The molecule has 1 aromatic carbocycles. The Morgan fingerprint density at radius 3 is 2.09 bits per heavy atom. The van der Waals surface area contributed by atoms with Gasteiger partial charge in [-0.3, -0.25) is 14.6 Å². The summed E-state index contributed by atoms with van der Waals surface area (Å²) in [5.41, 5.74) is 5.02. The number of pyridine rings is 1. The number of halogens is 2. The van der Waals surface area contributed by atoms with Gasteiger partial charge in [-0.05, 0) is 37.1 Å². The lowest BCUT2D eigenvalue weighted by molar-refractivity contribution is 0.101. The molecular formula is C17H15Br2NO2. The van der Waals surface area contributed by atoms with Gasteiger partial charge in [0, 0.05) is 22.9 Å². The average molecular weight is 425 g/mol. The van der Waals surface area contributed by atoms with Gasteiger partial charge in [-0.2, -0.15) is 0 Å². The molecule has 0 amide bonds. The van der Waals surface area contributed by atoms with Crippen molar-refractivity contribution >= 4 is 43.4 Å². The topological polar surface area (TPSA) is 47.0 Å². The molecule has 0 radical (unpaired) electrons. The highest BCUT2D eigenvalue weighted by molar-refractivity contribution is 9.09. The number of Topliss-reactive ketones (excluding diaryl/α,β-unsaturated/α-hetero) is 2. The Labute approximate surface area is 146 Å². The largest absolute Gasteiger partial charge is 0.293 e. The van der Waals surface area contributed by atoms with Crippen LogP contribution in [-0.4, -0.2) is 27.2 Å². The van der Waals surface area contributed by atoms with Gasteiger partial charge in [-0.25, -0.2) is 0 Å². The minimum Gasteiger partial charge on any atom is -0.293 e. The standard InChI is InChI=1S/C17H15Br2NO2/c1-10-5-12(15(21)7-18)3-4-14(10)17-11(2)6-13(9-20-17)16(22)8-19/h3-6,9H,7-8H2,1-2H3. The minimum atomic E-state index is 0.0112. The van der Waals surface area contributed by atoms with Crippen LogP contribution in [0, 0.1) is 13.8 Å². The molecule has 0 bridgehead atoms. The van der Waals surface area contributed by atoms with E-state index in [4.69, 9.17) is 0 Å². The van der Waals surface area contributed by atoms with Crippen LogP contribution >= 0.6 is 31.9 Å². The quantitative estimate of drug-likeness (QED) is 0.523. The van der Waals surface area contributed by atoms with Crippen LogP contribution in [0.2, 0.25) is 0 Å². The van der Waals surface area contributed by atoms with Crippen molar-refractivity contribution in [1.29, 1.82) is 0 Å². The molecule has 0 atom stereocenters. The highest BCUT2D eigenvalue weighted by Crippen LogP contribution is 2.26. The molecule has 0 aliphatic heterocycles. The second-order valence-corrected chi connectivity index (χ2v) is 6.15. The molecule has 2 rings (SSSR count). The van der Waals surface area contributed by atoms with Crippen molar-refractivity contribution in [2.75, 3.05) is 10.7 Å². The van der Waals surface area contributed by atoms with Gasteiger partial charge in [-0.15, -0.1) is 0 Å².